The van der Waals surface area contributed by atoms with E-state index in [-0.39, 0.29) is 5.91 Å². The molecule has 0 aliphatic heterocycles. The first kappa shape index (κ1) is 16.5. The Bertz CT molecular complexity index is 495. The molecule has 4 nitrogen and oxygen atoms in total. The average Bonchev–Trinajstić information content (AvgIpc) is 2.42. The summed E-state index contributed by atoms with van der Waals surface area (Å²) in [6.45, 7) is 7.59. The van der Waals surface area contributed by atoms with Gasteiger partial charge in [-0.05, 0) is 50.5 Å². The Kier molecular flexibility index (Phi) is 6.52. The van der Waals surface area contributed by atoms with E-state index in [4.69, 9.17) is 16.3 Å². The third-order valence-corrected chi connectivity index (χ3v) is 3.19. The number of benzene rings is 1. The molecule has 5 heteroatoms. The summed E-state index contributed by atoms with van der Waals surface area (Å²) >= 11 is 5.88. The Morgan fingerprint density at radius 2 is 2.05 bits per heavy atom. The van der Waals surface area contributed by atoms with Crippen molar-refractivity contribution in [3.8, 4) is 5.75 Å². The van der Waals surface area contributed by atoms with Gasteiger partial charge in [-0.2, -0.15) is 5.10 Å². The molecule has 20 heavy (non-hydrogen) atoms. The summed E-state index contributed by atoms with van der Waals surface area (Å²) < 4.78 is 5.62. The van der Waals surface area contributed by atoms with Gasteiger partial charge in [0, 0.05) is 10.7 Å². The fraction of sp³-hybridized carbons (Fsp3) is 0.467. The van der Waals surface area contributed by atoms with Gasteiger partial charge in [0.05, 0.1) is 0 Å². The van der Waals surface area contributed by atoms with Gasteiger partial charge in [0.15, 0.2) is 6.10 Å². The van der Waals surface area contributed by atoms with Gasteiger partial charge in [0.1, 0.15) is 5.75 Å². The first-order valence-corrected chi connectivity index (χ1v) is 7.13. The summed E-state index contributed by atoms with van der Waals surface area (Å²) in [5.74, 6) is 0.381. The van der Waals surface area contributed by atoms with Gasteiger partial charge < -0.3 is 4.74 Å². The van der Waals surface area contributed by atoms with E-state index in [0.717, 1.165) is 24.1 Å². The quantitative estimate of drug-likeness (QED) is 0.642. The predicted molar refractivity (Wildman–Crippen MR) is 82.4 cm³/mol. The summed E-state index contributed by atoms with van der Waals surface area (Å²) in [5, 5.41) is 4.72. The monoisotopic (exact) mass is 296 g/mol. The molecule has 0 heterocycles. The van der Waals surface area contributed by atoms with Crippen molar-refractivity contribution in [2.45, 2.75) is 46.6 Å². The Labute approximate surface area is 125 Å². The number of aryl methyl sites for hydroxylation is 1. The van der Waals surface area contributed by atoms with Crippen molar-refractivity contribution in [3.05, 3.63) is 28.8 Å². The number of halogens is 1. The van der Waals surface area contributed by atoms with Gasteiger partial charge in [0.25, 0.3) is 5.91 Å². The maximum Gasteiger partial charge on any atom is 0.280 e. The number of rotatable bonds is 6. The van der Waals surface area contributed by atoms with Crippen molar-refractivity contribution in [1.82, 2.24) is 5.43 Å². The molecule has 110 valence electrons. The molecule has 0 saturated carbocycles. The molecular formula is C15H21ClN2O2. The van der Waals surface area contributed by atoms with Crippen molar-refractivity contribution < 1.29 is 9.53 Å². The zero-order valence-electron chi connectivity index (χ0n) is 12.4. The number of ether oxygens (including phenoxy) is 1. The molecule has 0 spiro atoms. The lowest BCUT2D eigenvalue weighted by molar-refractivity contribution is -0.127. The minimum atomic E-state index is -0.617. The third kappa shape index (κ3) is 4.85. The van der Waals surface area contributed by atoms with E-state index in [1.165, 1.54) is 0 Å². The number of hydrogen-bond acceptors (Lipinski definition) is 3. The van der Waals surface area contributed by atoms with Gasteiger partial charge in [0.2, 0.25) is 0 Å². The lowest BCUT2D eigenvalue weighted by Gasteiger charge is -2.15. The fourth-order valence-electron chi connectivity index (χ4n) is 1.62. The van der Waals surface area contributed by atoms with E-state index < -0.39 is 6.10 Å². The second kappa shape index (κ2) is 7.90. The Balaban J connectivity index is 2.64. The molecule has 1 atom stereocenters. The van der Waals surface area contributed by atoms with E-state index in [9.17, 15) is 4.79 Å². The molecule has 0 radical (unpaired) electrons. The summed E-state index contributed by atoms with van der Waals surface area (Å²) in [7, 11) is 0. The number of carbonyl (C=O) groups is 1. The summed E-state index contributed by atoms with van der Waals surface area (Å²) in [4.78, 5) is 11.9. The Morgan fingerprint density at radius 3 is 2.60 bits per heavy atom. The molecule has 1 N–H and O–H groups in total. The van der Waals surface area contributed by atoms with Crippen LogP contribution in [-0.4, -0.2) is 17.7 Å². The van der Waals surface area contributed by atoms with Crippen LogP contribution < -0.4 is 10.2 Å². The maximum atomic E-state index is 11.9. The van der Waals surface area contributed by atoms with E-state index >= 15 is 0 Å². The summed E-state index contributed by atoms with van der Waals surface area (Å²) in [6.07, 6.45) is 1.03. The van der Waals surface area contributed by atoms with Crippen molar-refractivity contribution in [1.29, 1.82) is 0 Å². The molecule has 0 aliphatic carbocycles. The van der Waals surface area contributed by atoms with Gasteiger partial charge >= 0.3 is 0 Å². The van der Waals surface area contributed by atoms with Gasteiger partial charge in [-0.1, -0.05) is 25.4 Å². The molecule has 0 aromatic heterocycles. The number of carbonyl (C=O) groups excluding carboxylic acids is 1. The standard InChI is InChI=1S/C15H21ClN2O2/c1-5-13(6-2)17-18-15(19)11(4)20-14-8-7-12(16)9-10(14)3/h7-9,11H,5-6H2,1-4H3,(H,18,19). The predicted octanol–water partition coefficient (Wildman–Crippen LogP) is 3.71. The fourth-order valence-corrected chi connectivity index (χ4v) is 1.85. The first-order chi connectivity index (χ1) is 9.47. The minimum Gasteiger partial charge on any atom is -0.481 e. The summed E-state index contributed by atoms with van der Waals surface area (Å²) in [5.41, 5.74) is 4.38. The molecule has 0 saturated heterocycles. The molecule has 1 aromatic carbocycles. The lowest BCUT2D eigenvalue weighted by Crippen LogP contribution is -2.34. The van der Waals surface area contributed by atoms with Crippen LogP contribution in [0, 0.1) is 6.92 Å². The van der Waals surface area contributed by atoms with Crippen molar-refractivity contribution in [2.24, 2.45) is 5.10 Å². The van der Waals surface area contributed by atoms with Crippen LogP contribution in [0.3, 0.4) is 0 Å². The number of nitrogens with zero attached hydrogens (tertiary/aromatic N) is 1. The van der Waals surface area contributed by atoms with Gasteiger partial charge in [-0.25, -0.2) is 5.43 Å². The van der Waals surface area contributed by atoms with E-state index in [2.05, 4.69) is 10.5 Å². The number of hydrogen-bond donors (Lipinski definition) is 1. The highest BCUT2D eigenvalue weighted by Crippen LogP contribution is 2.22. The van der Waals surface area contributed by atoms with Crippen LogP contribution >= 0.6 is 11.6 Å². The second-order valence-electron chi connectivity index (χ2n) is 4.53. The minimum absolute atomic E-state index is 0.265. The van der Waals surface area contributed by atoms with E-state index in [1.54, 1.807) is 25.1 Å². The van der Waals surface area contributed by atoms with Crippen LogP contribution in [0.4, 0.5) is 0 Å². The van der Waals surface area contributed by atoms with Crippen LogP contribution in [0.15, 0.2) is 23.3 Å². The zero-order valence-corrected chi connectivity index (χ0v) is 13.1. The highest BCUT2D eigenvalue weighted by molar-refractivity contribution is 6.30. The largest absolute Gasteiger partial charge is 0.481 e. The van der Waals surface area contributed by atoms with Crippen LogP contribution in [0.5, 0.6) is 5.75 Å². The molecule has 0 bridgehead atoms. The number of nitrogens with one attached hydrogen (secondary N) is 1. The van der Waals surface area contributed by atoms with Crippen molar-refractivity contribution in [2.75, 3.05) is 0 Å². The second-order valence-corrected chi connectivity index (χ2v) is 4.97. The van der Waals surface area contributed by atoms with Gasteiger partial charge in [-0.3, -0.25) is 4.79 Å². The van der Waals surface area contributed by atoms with Crippen molar-refractivity contribution in [3.63, 3.8) is 0 Å². The number of hydrazone groups is 1. The molecule has 1 amide bonds. The molecule has 0 aliphatic rings. The molecule has 0 fully saturated rings. The van der Waals surface area contributed by atoms with E-state index in [0.29, 0.717) is 10.8 Å². The SMILES string of the molecule is CCC(CC)=NNC(=O)C(C)Oc1ccc(Cl)cc1C. The normalized spacial score (nSPS) is 11.7. The Morgan fingerprint density at radius 1 is 1.40 bits per heavy atom. The number of amides is 1. The van der Waals surface area contributed by atoms with E-state index in [1.807, 2.05) is 20.8 Å². The third-order valence-electron chi connectivity index (χ3n) is 2.95. The summed E-state index contributed by atoms with van der Waals surface area (Å²) in [6, 6.07) is 5.29. The Hall–Kier alpha value is -1.55. The lowest BCUT2D eigenvalue weighted by atomic mass is 10.2. The topological polar surface area (TPSA) is 50.7 Å². The van der Waals surface area contributed by atoms with Crippen LogP contribution in [-0.2, 0) is 4.79 Å². The zero-order chi connectivity index (χ0) is 15.1. The molecule has 1 unspecified atom stereocenters. The maximum absolute atomic E-state index is 11.9. The first-order valence-electron chi connectivity index (χ1n) is 6.76. The van der Waals surface area contributed by atoms with Gasteiger partial charge in [-0.15, -0.1) is 0 Å². The van der Waals surface area contributed by atoms with Crippen molar-refractivity contribution >= 4 is 23.2 Å². The molecule has 1 aromatic rings. The molecule has 1 rings (SSSR count). The van der Waals surface area contributed by atoms with Crippen LogP contribution in [0.25, 0.3) is 0 Å². The highest BCUT2D eigenvalue weighted by atomic mass is 35.5. The highest BCUT2D eigenvalue weighted by Gasteiger charge is 2.15. The van der Waals surface area contributed by atoms with Crippen LogP contribution in [0.1, 0.15) is 39.2 Å². The van der Waals surface area contributed by atoms with Crippen LogP contribution in [0.2, 0.25) is 5.02 Å². The molecular weight excluding hydrogens is 276 g/mol. The smallest absolute Gasteiger partial charge is 0.280 e. The average molecular weight is 297 g/mol.